The Bertz CT molecular complexity index is 906. The molecule has 0 spiro atoms. The predicted molar refractivity (Wildman–Crippen MR) is 98.0 cm³/mol. The normalized spacial score (nSPS) is 16.5. The average molecular weight is 410 g/mol. The highest BCUT2D eigenvalue weighted by atomic mass is 35.5. The first kappa shape index (κ1) is 20.1. The van der Waals surface area contributed by atoms with Crippen molar-refractivity contribution in [3.8, 4) is 5.75 Å². The van der Waals surface area contributed by atoms with Crippen LogP contribution in [-0.2, 0) is 20.7 Å². The van der Waals surface area contributed by atoms with Crippen LogP contribution in [0, 0.1) is 17.6 Å². The van der Waals surface area contributed by atoms with Crippen LogP contribution in [0.25, 0.3) is 0 Å². The van der Waals surface area contributed by atoms with Crippen molar-refractivity contribution in [1.29, 1.82) is 0 Å². The van der Waals surface area contributed by atoms with Crippen LogP contribution in [0.15, 0.2) is 36.4 Å². The molecular weight excluding hydrogens is 392 g/mol. The van der Waals surface area contributed by atoms with Crippen LogP contribution in [0.5, 0.6) is 5.75 Å². The van der Waals surface area contributed by atoms with Gasteiger partial charge in [-0.05, 0) is 43.2 Å². The number of carbonyl (C=O) groups excluding carboxylic acids is 2. The Labute approximate surface area is 165 Å². The van der Waals surface area contributed by atoms with Gasteiger partial charge >= 0.3 is 5.97 Å². The highest BCUT2D eigenvalue weighted by Crippen LogP contribution is 2.30. The maximum atomic E-state index is 13.8. The molecule has 148 valence electrons. The first-order chi connectivity index (χ1) is 13.3. The molecule has 8 heteroatoms. The lowest BCUT2D eigenvalue weighted by atomic mass is 9.97. The molecule has 1 N–H and O–H groups in total. The van der Waals surface area contributed by atoms with Crippen molar-refractivity contribution in [3.63, 3.8) is 0 Å². The number of rotatable bonds is 5. The Morgan fingerprint density at radius 3 is 2.82 bits per heavy atom. The highest BCUT2D eigenvalue weighted by Gasteiger charge is 2.28. The number of fused-ring (bicyclic) bond motifs is 1. The molecule has 1 aliphatic heterocycles. The Morgan fingerprint density at radius 1 is 1.29 bits per heavy atom. The van der Waals surface area contributed by atoms with Gasteiger partial charge in [0, 0.05) is 16.7 Å². The van der Waals surface area contributed by atoms with Crippen molar-refractivity contribution >= 4 is 23.5 Å². The number of benzene rings is 2. The topological polar surface area (TPSA) is 64.6 Å². The molecule has 0 unspecified atom stereocenters. The smallest absolute Gasteiger partial charge is 0.313 e. The van der Waals surface area contributed by atoms with E-state index in [-0.39, 0.29) is 12.2 Å². The first-order valence-electron chi connectivity index (χ1n) is 8.65. The van der Waals surface area contributed by atoms with Crippen molar-refractivity contribution in [2.45, 2.75) is 19.4 Å². The second-order valence-corrected chi connectivity index (χ2v) is 6.96. The Kier molecular flexibility index (Phi) is 6.14. The lowest BCUT2D eigenvalue weighted by Crippen LogP contribution is -2.35. The second-order valence-electron chi connectivity index (χ2n) is 6.53. The van der Waals surface area contributed by atoms with E-state index >= 15 is 0 Å². The minimum absolute atomic E-state index is 0.134. The number of halogens is 3. The first-order valence-corrected chi connectivity index (χ1v) is 9.03. The van der Waals surface area contributed by atoms with Crippen molar-refractivity contribution < 1.29 is 27.8 Å². The molecule has 1 heterocycles. The number of nitrogens with one attached hydrogen (secondary N) is 1. The highest BCUT2D eigenvalue weighted by molar-refractivity contribution is 6.30. The molecule has 3 rings (SSSR count). The van der Waals surface area contributed by atoms with Gasteiger partial charge in [0.05, 0.1) is 12.0 Å². The average Bonchev–Trinajstić information content (AvgIpc) is 2.65. The van der Waals surface area contributed by atoms with Gasteiger partial charge in [-0.25, -0.2) is 8.78 Å². The van der Waals surface area contributed by atoms with Crippen LogP contribution in [0.3, 0.4) is 0 Å². The van der Waals surface area contributed by atoms with E-state index < -0.39 is 42.1 Å². The van der Waals surface area contributed by atoms with E-state index in [1.807, 2.05) is 0 Å². The third-order valence-electron chi connectivity index (χ3n) is 4.41. The summed E-state index contributed by atoms with van der Waals surface area (Å²) in [6.45, 7) is 1.18. The fourth-order valence-corrected chi connectivity index (χ4v) is 3.18. The molecule has 0 aliphatic carbocycles. The monoisotopic (exact) mass is 409 g/mol. The zero-order chi connectivity index (χ0) is 20.3. The van der Waals surface area contributed by atoms with Crippen molar-refractivity contribution in [2.24, 2.45) is 5.92 Å². The third-order valence-corrected chi connectivity index (χ3v) is 4.65. The molecule has 5 nitrogen and oxygen atoms in total. The van der Waals surface area contributed by atoms with Gasteiger partial charge in [0.2, 0.25) is 0 Å². The van der Waals surface area contributed by atoms with Crippen LogP contribution in [0.1, 0.15) is 24.1 Å². The molecule has 0 bridgehead atoms. The number of carbonyl (C=O) groups is 2. The minimum atomic E-state index is -0.763. The minimum Gasteiger partial charge on any atom is -0.492 e. The zero-order valence-electron chi connectivity index (χ0n) is 15.0. The van der Waals surface area contributed by atoms with Gasteiger partial charge < -0.3 is 14.8 Å². The number of hydrogen-bond donors (Lipinski definition) is 1. The van der Waals surface area contributed by atoms with Crippen LogP contribution in [0.2, 0.25) is 5.02 Å². The lowest BCUT2D eigenvalue weighted by molar-refractivity contribution is -0.154. The van der Waals surface area contributed by atoms with Gasteiger partial charge in [0.25, 0.3) is 5.91 Å². The van der Waals surface area contributed by atoms with Gasteiger partial charge in [0.15, 0.2) is 6.61 Å². The van der Waals surface area contributed by atoms with Gasteiger partial charge in [-0.15, -0.1) is 0 Å². The molecule has 2 aromatic carbocycles. The summed E-state index contributed by atoms with van der Waals surface area (Å²) < 4.78 is 37.3. The molecular formula is C20H18ClF2NO4. The largest absolute Gasteiger partial charge is 0.492 e. The lowest BCUT2D eigenvalue weighted by Gasteiger charge is -2.24. The van der Waals surface area contributed by atoms with E-state index in [0.29, 0.717) is 17.2 Å². The summed E-state index contributed by atoms with van der Waals surface area (Å²) in [7, 11) is 0. The fourth-order valence-electron chi connectivity index (χ4n) is 2.98. The summed E-state index contributed by atoms with van der Waals surface area (Å²) in [5.74, 6) is -2.51. The number of ether oxygens (including phenoxy) is 2. The van der Waals surface area contributed by atoms with Crippen LogP contribution in [0.4, 0.5) is 8.78 Å². The molecule has 0 saturated carbocycles. The standard InChI is InChI=1S/C20H18ClF2NO4/c1-11(16-4-3-15(22)8-17(16)23)24-19(25)10-28-20(26)13-6-12-7-14(21)2-5-18(12)27-9-13/h2-5,7-8,11,13H,6,9-10H2,1H3,(H,24,25)/t11-,13+/m1/s1. The van der Waals surface area contributed by atoms with Crippen molar-refractivity contribution in [2.75, 3.05) is 13.2 Å². The van der Waals surface area contributed by atoms with E-state index in [0.717, 1.165) is 17.7 Å². The SMILES string of the molecule is C[C@@H](NC(=O)COC(=O)[C@@H]1COc2ccc(Cl)cc2C1)c1ccc(F)cc1F. The summed E-state index contributed by atoms with van der Waals surface area (Å²) in [5, 5.41) is 3.05. The van der Waals surface area contributed by atoms with E-state index in [1.54, 1.807) is 25.1 Å². The molecule has 1 aliphatic rings. The second kappa shape index (κ2) is 8.56. The predicted octanol–water partition coefficient (Wildman–Crippen LogP) is 3.59. The van der Waals surface area contributed by atoms with Gasteiger partial charge in [-0.1, -0.05) is 17.7 Å². The number of hydrogen-bond acceptors (Lipinski definition) is 4. The maximum Gasteiger partial charge on any atom is 0.313 e. The summed E-state index contributed by atoms with van der Waals surface area (Å²) in [5.41, 5.74) is 0.931. The zero-order valence-corrected chi connectivity index (χ0v) is 15.8. The molecule has 0 saturated heterocycles. The third kappa shape index (κ3) is 4.78. The van der Waals surface area contributed by atoms with Gasteiger partial charge in [-0.2, -0.15) is 0 Å². The number of amides is 1. The summed E-state index contributed by atoms with van der Waals surface area (Å²) in [6.07, 6.45) is 0.396. The Balaban J connectivity index is 1.51. The summed E-state index contributed by atoms with van der Waals surface area (Å²) in [6, 6.07) is 7.56. The fraction of sp³-hybridized carbons (Fsp3) is 0.300. The Morgan fingerprint density at radius 2 is 2.07 bits per heavy atom. The molecule has 0 fully saturated rings. The quantitative estimate of drug-likeness (QED) is 0.766. The molecule has 1 amide bonds. The summed E-state index contributed by atoms with van der Waals surface area (Å²) in [4.78, 5) is 24.2. The Hall–Kier alpha value is -2.67. The molecule has 0 radical (unpaired) electrons. The van der Waals surface area contributed by atoms with E-state index in [4.69, 9.17) is 21.1 Å². The number of esters is 1. The van der Waals surface area contributed by atoms with Crippen molar-refractivity contribution in [3.05, 3.63) is 64.2 Å². The summed E-state index contributed by atoms with van der Waals surface area (Å²) >= 11 is 5.95. The van der Waals surface area contributed by atoms with Crippen LogP contribution < -0.4 is 10.1 Å². The molecule has 28 heavy (non-hydrogen) atoms. The van der Waals surface area contributed by atoms with Gasteiger partial charge in [0.1, 0.15) is 24.0 Å². The molecule has 0 aromatic heterocycles. The molecule has 2 aromatic rings. The van der Waals surface area contributed by atoms with Crippen LogP contribution in [-0.4, -0.2) is 25.1 Å². The molecule has 2 atom stereocenters. The van der Waals surface area contributed by atoms with Crippen LogP contribution >= 0.6 is 11.6 Å². The maximum absolute atomic E-state index is 13.8. The van der Waals surface area contributed by atoms with Gasteiger partial charge in [-0.3, -0.25) is 9.59 Å². The van der Waals surface area contributed by atoms with E-state index in [1.165, 1.54) is 6.07 Å². The van der Waals surface area contributed by atoms with Crippen molar-refractivity contribution in [1.82, 2.24) is 5.32 Å². The van der Waals surface area contributed by atoms with E-state index in [9.17, 15) is 18.4 Å². The van der Waals surface area contributed by atoms with E-state index in [2.05, 4.69) is 5.32 Å².